The molecule has 0 radical (unpaired) electrons. The zero-order chi connectivity index (χ0) is 11.3. The molecule has 0 fully saturated rings. The molecule has 0 saturated carbocycles. The van der Waals surface area contributed by atoms with Gasteiger partial charge >= 0.3 is 0 Å². The van der Waals surface area contributed by atoms with Crippen molar-refractivity contribution in [3.05, 3.63) is 18.2 Å². The summed E-state index contributed by atoms with van der Waals surface area (Å²) >= 11 is 1.60. The number of hydrogen-bond donors (Lipinski definition) is 3. The lowest BCUT2D eigenvalue weighted by molar-refractivity contribution is -0.118. The van der Waals surface area contributed by atoms with Gasteiger partial charge < -0.3 is 16.8 Å². The van der Waals surface area contributed by atoms with Crippen LogP contribution in [0.15, 0.2) is 23.1 Å². The zero-order valence-corrected chi connectivity index (χ0v) is 11.9. The molecule has 1 amide bonds. The van der Waals surface area contributed by atoms with Crippen molar-refractivity contribution < 1.29 is 4.79 Å². The number of nitrogens with two attached hydrogens (primary N) is 2. The van der Waals surface area contributed by atoms with E-state index in [0.29, 0.717) is 17.9 Å². The summed E-state index contributed by atoms with van der Waals surface area (Å²) in [5, 5.41) is 2.72. The van der Waals surface area contributed by atoms with E-state index in [-0.39, 0.29) is 30.7 Å². The fraction of sp³-hybridized carbons (Fsp3) is 0.300. The first-order chi connectivity index (χ1) is 7.09. The van der Waals surface area contributed by atoms with Crippen molar-refractivity contribution in [1.29, 1.82) is 0 Å². The fourth-order valence-corrected chi connectivity index (χ4v) is 1.90. The molecule has 1 rings (SSSR count). The predicted molar refractivity (Wildman–Crippen MR) is 79.2 cm³/mol. The van der Waals surface area contributed by atoms with Crippen LogP contribution in [0.4, 0.5) is 11.4 Å². The second-order valence-corrected chi connectivity index (χ2v) is 4.27. The van der Waals surface area contributed by atoms with Crippen LogP contribution in [0.1, 0.15) is 6.92 Å². The molecule has 0 aliphatic carbocycles. The molecule has 1 aromatic rings. The summed E-state index contributed by atoms with van der Waals surface area (Å²) in [6.45, 7) is 2.14. The third-order valence-electron chi connectivity index (χ3n) is 1.77. The van der Waals surface area contributed by atoms with Gasteiger partial charge in [0.2, 0.25) is 5.91 Å². The van der Waals surface area contributed by atoms with E-state index in [4.69, 9.17) is 11.5 Å². The summed E-state index contributed by atoms with van der Waals surface area (Å²) in [5.41, 5.74) is 12.7. The second kappa shape index (κ2) is 9.27. The van der Waals surface area contributed by atoms with Crippen LogP contribution in [0.3, 0.4) is 0 Å². The van der Waals surface area contributed by atoms with Crippen LogP contribution >= 0.6 is 36.6 Å². The smallest absolute Gasteiger partial charge is 0.216 e. The Kier molecular flexibility index (Phi) is 10.1. The number of anilines is 2. The van der Waals surface area contributed by atoms with E-state index in [1.54, 1.807) is 17.8 Å². The Balaban J connectivity index is 0. The van der Waals surface area contributed by atoms with Gasteiger partial charge in [-0.15, -0.1) is 36.6 Å². The van der Waals surface area contributed by atoms with E-state index in [1.807, 2.05) is 12.1 Å². The Morgan fingerprint density at radius 3 is 2.53 bits per heavy atom. The standard InChI is InChI=1S/C10H15N3OS.2ClH/c1-7(14)13-4-5-15-10-3-2-8(11)6-9(10)12;;/h2-3,6H,4-5,11-12H2,1H3,(H,13,14);2*1H. The Morgan fingerprint density at radius 1 is 1.35 bits per heavy atom. The van der Waals surface area contributed by atoms with Crippen LogP contribution in [0.2, 0.25) is 0 Å². The van der Waals surface area contributed by atoms with E-state index < -0.39 is 0 Å². The first-order valence-electron chi connectivity index (χ1n) is 4.62. The van der Waals surface area contributed by atoms with Gasteiger partial charge in [-0.1, -0.05) is 0 Å². The minimum absolute atomic E-state index is 0. The molecule has 4 nitrogen and oxygen atoms in total. The van der Waals surface area contributed by atoms with Gasteiger partial charge in [0.05, 0.1) is 0 Å². The minimum Gasteiger partial charge on any atom is -0.399 e. The van der Waals surface area contributed by atoms with Crippen molar-refractivity contribution in [2.45, 2.75) is 11.8 Å². The van der Waals surface area contributed by atoms with Crippen LogP contribution in [-0.2, 0) is 4.79 Å². The van der Waals surface area contributed by atoms with E-state index >= 15 is 0 Å². The van der Waals surface area contributed by atoms with Gasteiger partial charge in [-0.25, -0.2) is 0 Å². The number of rotatable bonds is 4. The normalized spacial score (nSPS) is 8.76. The summed E-state index contributed by atoms with van der Waals surface area (Å²) in [6, 6.07) is 5.45. The Bertz CT molecular complexity index is 363. The molecule has 17 heavy (non-hydrogen) atoms. The Labute approximate surface area is 118 Å². The number of hydrogen-bond acceptors (Lipinski definition) is 4. The number of carbonyl (C=O) groups is 1. The van der Waals surface area contributed by atoms with Gasteiger partial charge in [0.15, 0.2) is 0 Å². The molecular formula is C10H17Cl2N3OS. The van der Waals surface area contributed by atoms with Crippen LogP contribution in [-0.4, -0.2) is 18.2 Å². The highest BCUT2D eigenvalue weighted by Gasteiger charge is 2.00. The van der Waals surface area contributed by atoms with Crippen LogP contribution in [0, 0.1) is 0 Å². The summed E-state index contributed by atoms with van der Waals surface area (Å²) < 4.78 is 0. The number of amides is 1. The number of nitrogens with one attached hydrogen (secondary N) is 1. The van der Waals surface area contributed by atoms with Crippen LogP contribution < -0.4 is 16.8 Å². The highest BCUT2D eigenvalue weighted by Crippen LogP contribution is 2.26. The number of nitrogen functional groups attached to an aromatic ring is 2. The van der Waals surface area contributed by atoms with Gasteiger partial charge in [-0.05, 0) is 18.2 Å². The van der Waals surface area contributed by atoms with Crippen molar-refractivity contribution in [1.82, 2.24) is 5.32 Å². The third kappa shape index (κ3) is 7.20. The number of halogens is 2. The second-order valence-electron chi connectivity index (χ2n) is 3.13. The molecule has 1 aromatic carbocycles. The molecule has 0 bridgehead atoms. The van der Waals surface area contributed by atoms with E-state index in [0.717, 1.165) is 10.6 Å². The van der Waals surface area contributed by atoms with E-state index in [9.17, 15) is 4.79 Å². The number of benzene rings is 1. The van der Waals surface area contributed by atoms with Crippen molar-refractivity contribution in [3.8, 4) is 0 Å². The van der Waals surface area contributed by atoms with E-state index in [2.05, 4.69) is 5.32 Å². The van der Waals surface area contributed by atoms with Gasteiger partial charge in [-0.2, -0.15) is 0 Å². The maximum absolute atomic E-state index is 10.6. The van der Waals surface area contributed by atoms with E-state index in [1.165, 1.54) is 6.92 Å². The molecule has 0 spiro atoms. The lowest BCUT2D eigenvalue weighted by Crippen LogP contribution is -2.22. The van der Waals surface area contributed by atoms with Gasteiger partial charge in [0.25, 0.3) is 0 Å². The zero-order valence-electron chi connectivity index (χ0n) is 9.43. The highest BCUT2D eigenvalue weighted by atomic mass is 35.5. The molecule has 0 saturated heterocycles. The quantitative estimate of drug-likeness (QED) is 0.451. The summed E-state index contributed by atoms with van der Waals surface area (Å²) in [5.74, 6) is 0.786. The first-order valence-corrected chi connectivity index (χ1v) is 5.60. The summed E-state index contributed by atoms with van der Waals surface area (Å²) in [7, 11) is 0. The van der Waals surface area contributed by atoms with Crippen molar-refractivity contribution in [2.75, 3.05) is 23.8 Å². The van der Waals surface area contributed by atoms with Crippen molar-refractivity contribution in [3.63, 3.8) is 0 Å². The highest BCUT2D eigenvalue weighted by molar-refractivity contribution is 7.99. The van der Waals surface area contributed by atoms with Crippen molar-refractivity contribution in [2.24, 2.45) is 0 Å². The topological polar surface area (TPSA) is 81.1 Å². The molecule has 98 valence electrons. The maximum Gasteiger partial charge on any atom is 0.216 e. The molecule has 7 heteroatoms. The van der Waals surface area contributed by atoms with Gasteiger partial charge in [-0.3, -0.25) is 4.79 Å². The molecule has 0 aliphatic heterocycles. The summed E-state index contributed by atoms with van der Waals surface area (Å²) in [4.78, 5) is 11.6. The molecule has 0 aromatic heterocycles. The molecule has 0 aliphatic rings. The maximum atomic E-state index is 10.6. The molecule has 0 heterocycles. The lowest BCUT2D eigenvalue weighted by atomic mass is 10.3. The van der Waals surface area contributed by atoms with Gasteiger partial charge in [0.1, 0.15) is 0 Å². The van der Waals surface area contributed by atoms with Crippen LogP contribution in [0.25, 0.3) is 0 Å². The number of carbonyl (C=O) groups excluding carboxylic acids is 1. The molecule has 0 atom stereocenters. The minimum atomic E-state index is -0.0131. The molecule has 0 unspecified atom stereocenters. The number of thioether (sulfide) groups is 1. The Hall–Kier alpha value is -0.780. The average Bonchev–Trinajstić information content (AvgIpc) is 2.14. The molecular weight excluding hydrogens is 281 g/mol. The lowest BCUT2D eigenvalue weighted by Gasteiger charge is -2.06. The SMILES string of the molecule is CC(=O)NCCSc1ccc(N)cc1N.Cl.Cl. The Morgan fingerprint density at radius 2 is 2.00 bits per heavy atom. The fourth-order valence-electron chi connectivity index (χ4n) is 1.09. The largest absolute Gasteiger partial charge is 0.399 e. The third-order valence-corrected chi connectivity index (χ3v) is 2.86. The van der Waals surface area contributed by atoms with Gasteiger partial charge in [0, 0.05) is 35.5 Å². The first kappa shape index (κ1) is 18.6. The predicted octanol–water partition coefficient (Wildman–Crippen LogP) is 1.92. The summed E-state index contributed by atoms with van der Waals surface area (Å²) in [6.07, 6.45) is 0. The van der Waals surface area contributed by atoms with Crippen LogP contribution in [0.5, 0.6) is 0 Å². The average molecular weight is 298 g/mol. The van der Waals surface area contributed by atoms with Crippen molar-refractivity contribution >= 4 is 53.9 Å². The monoisotopic (exact) mass is 297 g/mol. The molecule has 5 N–H and O–H groups in total.